The van der Waals surface area contributed by atoms with E-state index >= 15 is 0 Å². The maximum absolute atomic E-state index is 12.2. The highest BCUT2D eigenvalue weighted by Gasteiger charge is 2.29. The number of hydrogen-bond donors (Lipinski definition) is 2. The van der Waals surface area contributed by atoms with Gasteiger partial charge in [-0.25, -0.2) is 8.42 Å². The fourth-order valence-corrected chi connectivity index (χ4v) is 4.31. The first kappa shape index (κ1) is 17.7. The van der Waals surface area contributed by atoms with Gasteiger partial charge in [-0.05, 0) is 25.0 Å². The Balaban J connectivity index is 1.98. The molecule has 2 N–H and O–H groups in total. The van der Waals surface area contributed by atoms with E-state index in [9.17, 15) is 18.3 Å². The third-order valence-electron chi connectivity index (χ3n) is 3.96. The van der Waals surface area contributed by atoms with E-state index in [1.807, 2.05) is 42.2 Å². The topological polar surface area (TPSA) is 86.7 Å². The molecule has 0 aliphatic carbocycles. The highest BCUT2D eigenvalue weighted by Crippen LogP contribution is 2.15. The van der Waals surface area contributed by atoms with Crippen LogP contribution in [0.5, 0.6) is 0 Å². The van der Waals surface area contributed by atoms with Crippen molar-refractivity contribution in [1.82, 2.24) is 5.32 Å². The lowest BCUT2D eigenvalue weighted by atomic mass is 10.2. The molecule has 0 aromatic heterocycles. The number of amides is 1. The Bertz CT molecular complexity index is 618. The first-order valence-electron chi connectivity index (χ1n) is 7.87. The zero-order valence-electron chi connectivity index (χ0n) is 13.3. The lowest BCUT2D eigenvalue weighted by Crippen LogP contribution is -2.44. The predicted molar refractivity (Wildman–Crippen MR) is 90.2 cm³/mol. The maximum atomic E-state index is 12.2. The number of nitrogens with one attached hydrogen (secondary N) is 1. The standard InChI is InChI=1S/C16H24N2O4S/c1-2-15(19)10-18(14-6-4-3-5-7-14)11-16(20)17-13-8-9-23(21,22)12-13/h3-7,13,15,19H,2,8-12H2,1H3,(H,17,20). The second kappa shape index (κ2) is 7.79. The van der Waals surface area contributed by atoms with Gasteiger partial charge in [0, 0.05) is 18.3 Å². The number of sulfone groups is 1. The van der Waals surface area contributed by atoms with Gasteiger partial charge >= 0.3 is 0 Å². The second-order valence-electron chi connectivity index (χ2n) is 5.95. The Hall–Kier alpha value is -1.60. The van der Waals surface area contributed by atoms with Crippen LogP contribution in [0.1, 0.15) is 19.8 Å². The summed E-state index contributed by atoms with van der Waals surface area (Å²) >= 11 is 0. The molecule has 2 rings (SSSR count). The Kier molecular flexibility index (Phi) is 6.01. The highest BCUT2D eigenvalue weighted by molar-refractivity contribution is 7.91. The van der Waals surface area contributed by atoms with E-state index in [0.29, 0.717) is 19.4 Å². The molecule has 2 atom stereocenters. The van der Waals surface area contributed by atoms with E-state index in [1.54, 1.807) is 0 Å². The van der Waals surface area contributed by atoms with Crippen LogP contribution in [-0.4, -0.2) is 56.2 Å². The summed E-state index contributed by atoms with van der Waals surface area (Å²) in [6, 6.07) is 9.11. The van der Waals surface area contributed by atoms with Crippen molar-refractivity contribution in [2.75, 3.05) is 29.5 Å². The molecular weight excluding hydrogens is 316 g/mol. The van der Waals surface area contributed by atoms with Crippen LogP contribution in [0, 0.1) is 0 Å². The van der Waals surface area contributed by atoms with E-state index in [2.05, 4.69) is 5.32 Å². The zero-order valence-corrected chi connectivity index (χ0v) is 14.1. The molecule has 7 heteroatoms. The van der Waals surface area contributed by atoms with Crippen LogP contribution in [0.3, 0.4) is 0 Å². The Labute approximate surface area is 137 Å². The van der Waals surface area contributed by atoms with Gasteiger partial charge in [0.05, 0.1) is 24.2 Å². The van der Waals surface area contributed by atoms with Crippen molar-refractivity contribution >= 4 is 21.4 Å². The van der Waals surface area contributed by atoms with E-state index in [1.165, 1.54) is 0 Å². The summed E-state index contributed by atoms with van der Waals surface area (Å²) in [6.07, 6.45) is 0.554. The van der Waals surface area contributed by atoms with Gasteiger partial charge in [-0.1, -0.05) is 25.1 Å². The first-order chi connectivity index (χ1) is 10.9. The molecule has 23 heavy (non-hydrogen) atoms. The smallest absolute Gasteiger partial charge is 0.239 e. The van der Waals surface area contributed by atoms with Gasteiger partial charge < -0.3 is 15.3 Å². The number of aliphatic hydroxyl groups excluding tert-OH is 1. The van der Waals surface area contributed by atoms with E-state index in [-0.39, 0.29) is 30.0 Å². The summed E-state index contributed by atoms with van der Waals surface area (Å²) < 4.78 is 22.9. The SMILES string of the molecule is CCC(O)CN(CC(=O)NC1CCS(=O)(=O)C1)c1ccccc1. The number of rotatable bonds is 7. The summed E-state index contributed by atoms with van der Waals surface area (Å²) in [7, 11) is -3.01. The first-order valence-corrected chi connectivity index (χ1v) is 9.69. The molecule has 1 saturated heterocycles. The molecule has 2 unspecified atom stereocenters. The number of hydrogen-bond acceptors (Lipinski definition) is 5. The molecule has 6 nitrogen and oxygen atoms in total. The third-order valence-corrected chi connectivity index (χ3v) is 5.72. The van der Waals surface area contributed by atoms with Gasteiger partial charge in [-0.15, -0.1) is 0 Å². The van der Waals surface area contributed by atoms with Crippen LogP contribution < -0.4 is 10.2 Å². The van der Waals surface area contributed by atoms with Gasteiger partial charge in [-0.3, -0.25) is 4.79 Å². The number of para-hydroxylation sites is 1. The van der Waals surface area contributed by atoms with Crippen LogP contribution in [0.25, 0.3) is 0 Å². The highest BCUT2D eigenvalue weighted by atomic mass is 32.2. The monoisotopic (exact) mass is 340 g/mol. The summed E-state index contributed by atoms with van der Waals surface area (Å²) in [5, 5.41) is 12.7. The number of anilines is 1. The quantitative estimate of drug-likeness (QED) is 0.758. The van der Waals surface area contributed by atoms with Gasteiger partial charge in [-0.2, -0.15) is 0 Å². The fourth-order valence-electron chi connectivity index (χ4n) is 2.64. The van der Waals surface area contributed by atoms with Crippen LogP contribution in [0.15, 0.2) is 30.3 Å². The van der Waals surface area contributed by atoms with Crippen LogP contribution in [-0.2, 0) is 14.6 Å². The molecule has 128 valence electrons. The Morgan fingerprint density at radius 2 is 2.09 bits per heavy atom. The second-order valence-corrected chi connectivity index (χ2v) is 8.17. The van der Waals surface area contributed by atoms with E-state index in [0.717, 1.165) is 5.69 Å². The van der Waals surface area contributed by atoms with Crippen molar-refractivity contribution < 1.29 is 18.3 Å². The van der Waals surface area contributed by atoms with Crippen LogP contribution in [0.2, 0.25) is 0 Å². The fraction of sp³-hybridized carbons (Fsp3) is 0.562. The molecular formula is C16H24N2O4S. The zero-order chi connectivity index (χ0) is 16.9. The van der Waals surface area contributed by atoms with Crippen LogP contribution in [0.4, 0.5) is 5.69 Å². The molecule has 0 radical (unpaired) electrons. The maximum Gasteiger partial charge on any atom is 0.239 e. The number of carbonyl (C=O) groups excluding carboxylic acids is 1. The lowest BCUT2D eigenvalue weighted by Gasteiger charge is -2.27. The van der Waals surface area contributed by atoms with Crippen LogP contribution >= 0.6 is 0 Å². The number of carbonyl (C=O) groups is 1. The Morgan fingerprint density at radius 1 is 1.39 bits per heavy atom. The van der Waals surface area contributed by atoms with Crippen molar-refractivity contribution in [2.24, 2.45) is 0 Å². The summed E-state index contributed by atoms with van der Waals surface area (Å²) in [5.74, 6) is -0.0735. The molecule has 0 spiro atoms. The molecule has 1 heterocycles. The minimum absolute atomic E-state index is 0.0155. The summed E-state index contributed by atoms with van der Waals surface area (Å²) in [6.45, 7) is 2.34. The van der Waals surface area contributed by atoms with E-state index in [4.69, 9.17) is 0 Å². The molecule has 1 fully saturated rings. The van der Waals surface area contributed by atoms with Gasteiger partial charge in [0.15, 0.2) is 9.84 Å². The molecule has 1 aromatic carbocycles. The van der Waals surface area contributed by atoms with Gasteiger partial charge in [0.1, 0.15) is 0 Å². The van der Waals surface area contributed by atoms with E-state index < -0.39 is 15.9 Å². The molecule has 0 saturated carbocycles. The third kappa shape index (κ3) is 5.51. The largest absolute Gasteiger partial charge is 0.391 e. The van der Waals surface area contributed by atoms with Crippen molar-refractivity contribution in [3.63, 3.8) is 0 Å². The normalized spacial score (nSPS) is 20.9. The lowest BCUT2D eigenvalue weighted by molar-refractivity contribution is -0.120. The van der Waals surface area contributed by atoms with Crippen molar-refractivity contribution in [3.8, 4) is 0 Å². The van der Waals surface area contributed by atoms with Crippen molar-refractivity contribution in [1.29, 1.82) is 0 Å². The molecule has 1 aliphatic rings. The summed E-state index contributed by atoms with van der Waals surface area (Å²) in [5.41, 5.74) is 0.856. The predicted octanol–water partition coefficient (Wildman–Crippen LogP) is 0.567. The van der Waals surface area contributed by atoms with Crippen molar-refractivity contribution in [2.45, 2.75) is 31.9 Å². The summed E-state index contributed by atoms with van der Waals surface area (Å²) in [4.78, 5) is 14.0. The average Bonchev–Trinajstić information content (AvgIpc) is 2.86. The average molecular weight is 340 g/mol. The Morgan fingerprint density at radius 3 is 2.65 bits per heavy atom. The van der Waals surface area contributed by atoms with Gasteiger partial charge in [0.2, 0.25) is 5.91 Å². The molecule has 1 aliphatic heterocycles. The number of aliphatic hydroxyl groups is 1. The number of benzene rings is 1. The molecule has 1 amide bonds. The molecule has 0 bridgehead atoms. The van der Waals surface area contributed by atoms with Crippen molar-refractivity contribution in [3.05, 3.63) is 30.3 Å². The van der Waals surface area contributed by atoms with Gasteiger partial charge in [0.25, 0.3) is 0 Å². The number of nitrogens with zero attached hydrogens (tertiary/aromatic N) is 1. The minimum Gasteiger partial charge on any atom is -0.391 e. The molecule has 1 aromatic rings. The minimum atomic E-state index is -3.01.